The van der Waals surface area contributed by atoms with Crippen LogP contribution >= 0.6 is 50.7 Å². The van der Waals surface area contributed by atoms with Crippen molar-refractivity contribution < 1.29 is 14.0 Å². The van der Waals surface area contributed by atoms with E-state index < -0.39 is 11.8 Å². The molecule has 3 rings (SSSR count). The molecule has 1 saturated heterocycles. The van der Waals surface area contributed by atoms with Crippen LogP contribution in [0.2, 0.25) is 0 Å². The third-order valence-electron chi connectivity index (χ3n) is 3.34. The quantitative estimate of drug-likeness (QED) is 0.285. The molecule has 1 aromatic heterocycles. The van der Waals surface area contributed by atoms with Crippen LogP contribution in [-0.2, 0) is 9.59 Å². The van der Waals surface area contributed by atoms with Crippen molar-refractivity contribution in [2.45, 2.75) is 6.92 Å². The fraction of sp³-hybridized carbons (Fsp3) is 0.0625. The predicted octanol–water partition coefficient (Wildman–Crippen LogP) is 3.79. The molecule has 1 aromatic carbocycles. The van der Waals surface area contributed by atoms with Crippen LogP contribution in [0.15, 0.2) is 44.8 Å². The highest BCUT2D eigenvalue weighted by molar-refractivity contribution is 14.1. The van der Waals surface area contributed by atoms with Gasteiger partial charge in [-0.1, -0.05) is 17.7 Å². The number of thiocarbonyl (C=S) groups is 1. The van der Waals surface area contributed by atoms with Gasteiger partial charge < -0.3 is 4.42 Å². The van der Waals surface area contributed by atoms with Crippen LogP contribution in [0.4, 0.5) is 5.69 Å². The van der Waals surface area contributed by atoms with Crippen molar-refractivity contribution in [3.05, 3.63) is 55.5 Å². The number of halogens is 2. The van der Waals surface area contributed by atoms with Gasteiger partial charge in [0.25, 0.3) is 11.8 Å². The lowest BCUT2D eigenvalue weighted by atomic mass is 10.1. The Kier molecular flexibility index (Phi) is 4.88. The second-order valence-electron chi connectivity index (χ2n) is 5.06. The molecule has 0 atom stereocenters. The molecule has 1 N–H and O–H groups in total. The normalized spacial score (nSPS) is 16.7. The summed E-state index contributed by atoms with van der Waals surface area (Å²) < 4.78 is 6.86. The molecule has 0 saturated carbocycles. The zero-order valence-electron chi connectivity index (χ0n) is 12.3. The minimum atomic E-state index is -0.545. The van der Waals surface area contributed by atoms with Crippen molar-refractivity contribution in [3.8, 4) is 0 Å². The highest BCUT2D eigenvalue weighted by atomic mass is 127. The van der Waals surface area contributed by atoms with Gasteiger partial charge >= 0.3 is 0 Å². The van der Waals surface area contributed by atoms with Crippen LogP contribution < -0.4 is 10.2 Å². The van der Waals surface area contributed by atoms with Crippen molar-refractivity contribution in [1.82, 2.24) is 5.32 Å². The molecule has 2 amide bonds. The lowest BCUT2D eigenvalue weighted by Gasteiger charge is -2.28. The summed E-state index contributed by atoms with van der Waals surface area (Å²) in [6.07, 6.45) is 1.41. The van der Waals surface area contributed by atoms with E-state index in [0.29, 0.717) is 15.2 Å². The Morgan fingerprint density at radius 3 is 2.54 bits per heavy atom. The van der Waals surface area contributed by atoms with Crippen LogP contribution in [-0.4, -0.2) is 16.9 Å². The number of hydrogen-bond acceptors (Lipinski definition) is 4. The van der Waals surface area contributed by atoms with E-state index in [1.807, 2.05) is 41.6 Å². The molecule has 0 aliphatic carbocycles. The molecule has 0 bridgehead atoms. The van der Waals surface area contributed by atoms with E-state index >= 15 is 0 Å². The van der Waals surface area contributed by atoms with Gasteiger partial charge in [-0.15, -0.1) is 0 Å². The topological polar surface area (TPSA) is 62.6 Å². The lowest BCUT2D eigenvalue weighted by molar-refractivity contribution is -0.122. The zero-order chi connectivity index (χ0) is 17.4. The Morgan fingerprint density at radius 2 is 1.96 bits per heavy atom. The van der Waals surface area contributed by atoms with Gasteiger partial charge in [0.05, 0.1) is 10.2 Å². The van der Waals surface area contributed by atoms with Crippen LogP contribution in [0, 0.1) is 10.7 Å². The molecule has 122 valence electrons. The van der Waals surface area contributed by atoms with Gasteiger partial charge in [-0.3, -0.25) is 19.8 Å². The Morgan fingerprint density at radius 1 is 1.29 bits per heavy atom. The molecule has 5 nitrogen and oxygen atoms in total. The Balaban J connectivity index is 2.01. The maximum Gasteiger partial charge on any atom is 0.270 e. The van der Waals surface area contributed by atoms with E-state index in [2.05, 4.69) is 21.2 Å². The third-order valence-corrected chi connectivity index (χ3v) is 5.76. The molecular formula is C16H10BrIN2O3S. The highest BCUT2D eigenvalue weighted by Crippen LogP contribution is 2.26. The van der Waals surface area contributed by atoms with Crippen molar-refractivity contribution in [2.24, 2.45) is 0 Å². The minimum absolute atomic E-state index is 0.0400. The van der Waals surface area contributed by atoms with Crippen LogP contribution in [0.25, 0.3) is 6.08 Å². The summed E-state index contributed by atoms with van der Waals surface area (Å²) in [6.45, 7) is 1.95. The number of hydrogen-bond donors (Lipinski definition) is 1. The van der Waals surface area contributed by atoms with E-state index in [9.17, 15) is 9.59 Å². The van der Waals surface area contributed by atoms with Crippen molar-refractivity contribution in [3.63, 3.8) is 0 Å². The summed E-state index contributed by atoms with van der Waals surface area (Å²) >= 11 is 10.5. The molecule has 1 fully saturated rings. The van der Waals surface area contributed by atoms with Gasteiger partial charge in [0, 0.05) is 22.6 Å². The van der Waals surface area contributed by atoms with Crippen molar-refractivity contribution >= 4 is 79.4 Å². The monoisotopic (exact) mass is 516 g/mol. The lowest BCUT2D eigenvalue weighted by Crippen LogP contribution is -2.54. The third kappa shape index (κ3) is 3.31. The van der Waals surface area contributed by atoms with Gasteiger partial charge in [-0.2, -0.15) is 0 Å². The maximum atomic E-state index is 12.8. The largest absolute Gasteiger partial charge is 0.450 e. The number of nitrogens with zero attached hydrogens (tertiary/aromatic N) is 1. The number of furan rings is 1. The minimum Gasteiger partial charge on any atom is -0.450 e. The first-order chi connectivity index (χ1) is 11.4. The van der Waals surface area contributed by atoms with Gasteiger partial charge in [0.15, 0.2) is 8.88 Å². The summed E-state index contributed by atoms with van der Waals surface area (Å²) in [5.41, 5.74) is 1.61. The molecule has 1 aliphatic heterocycles. The van der Waals surface area contributed by atoms with Crippen LogP contribution in [0.3, 0.4) is 0 Å². The summed E-state index contributed by atoms with van der Waals surface area (Å²) in [5, 5.41) is 2.60. The highest BCUT2D eigenvalue weighted by Gasteiger charge is 2.34. The van der Waals surface area contributed by atoms with Crippen LogP contribution in [0.1, 0.15) is 11.3 Å². The Labute approximate surface area is 165 Å². The van der Waals surface area contributed by atoms with E-state index in [0.717, 1.165) is 10.0 Å². The summed E-state index contributed by atoms with van der Waals surface area (Å²) in [7, 11) is 0. The van der Waals surface area contributed by atoms with Crippen molar-refractivity contribution in [1.29, 1.82) is 0 Å². The van der Waals surface area contributed by atoms with Gasteiger partial charge in [0.2, 0.25) is 0 Å². The number of carbonyl (C=O) groups is 2. The average molecular weight is 517 g/mol. The van der Waals surface area contributed by atoms with Crippen molar-refractivity contribution in [2.75, 3.05) is 4.90 Å². The number of aryl methyl sites for hydroxylation is 1. The standard InChI is InChI=1S/C16H10BrIN2O3S/c1-8-2-4-9(5-3-8)20-15(22)11(14(21)19-16(20)24)6-10-7-12(17)13(18)23-10/h2-7H,1H3,(H,19,21,24)/b11-6+. The van der Waals surface area contributed by atoms with Crippen LogP contribution in [0.5, 0.6) is 0 Å². The second-order valence-corrected chi connectivity index (χ2v) is 7.28. The molecule has 0 radical (unpaired) electrons. The number of carbonyl (C=O) groups excluding carboxylic acids is 2. The summed E-state index contributed by atoms with van der Waals surface area (Å²) in [4.78, 5) is 26.3. The first-order valence-corrected chi connectivity index (χ1v) is 9.08. The number of rotatable bonds is 2. The smallest absolute Gasteiger partial charge is 0.270 e. The molecule has 0 unspecified atom stereocenters. The molecule has 1 aliphatic rings. The molecule has 0 spiro atoms. The Bertz CT molecular complexity index is 870. The molecular weight excluding hydrogens is 507 g/mol. The van der Waals surface area contributed by atoms with Gasteiger partial charge in [-0.05, 0) is 59.3 Å². The van der Waals surface area contributed by atoms with Gasteiger partial charge in [0.1, 0.15) is 11.3 Å². The number of nitrogens with one attached hydrogen (secondary N) is 1. The molecule has 2 heterocycles. The number of amides is 2. The maximum absolute atomic E-state index is 12.8. The van der Waals surface area contributed by atoms with E-state index in [1.165, 1.54) is 11.0 Å². The number of anilines is 1. The fourth-order valence-corrected chi connectivity index (χ4v) is 3.16. The second kappa shape index (κ2) is 6.77. The molecule has 24 heavy (non-hydrogen) atoms. The average Bonchev–Trinajstić information content (AvgIpc) is 2.83. The number of benzene rings is 1. The first kappa shape index (κ1) is 17.3. The predicted molar refractivity (Wildman–Crippen MR) is 107 cm³/mol. The van der Waals surface area contributed by atoms with Gasteiger partial charge in [-0.25, -0.2) is 0 Å². The van der Waals surface area contributed by atoms with E-state index in [1.54, 1.807) is 18.2 Å². The van der Waals surface area contributed by atoms with E-state index in [4.69, 9.17) is 16.6 Å². The zero-order valence-corrected chi connectivity index (χ0v) is 16.9. The summed E-state index contributed by atoms with van der Waals surface area (Å²) in [5.74, 6) is -0.632. The Hall–Kier alpha value is -1.52. The molecule has 2 aromatic rings. The van der Waals surface area contributed by atoms with E-state index in [-0.39, 0.29) is 10.7 Å². The fourth-order valence-electron chi connectivity index (χ4n) is 2.16. The molecule has 8 heteroatoms. The first-order valence-electron chi connectivity index (χ1n) is 6.80. The SMILES string of the molecule is Cc1ccc(N2C(=O)/C(=C/c3cc(Br)c(I)o3)C(=O)NC2=S)cc1. The summed E-state index contributed by atoms with van der Waals surface area (Å²) in [6, 6.07) is 8.99.